The highest BCUT2D eigenvalue weighted by atomic mass is 19.2. The number of ether oxygens (including phenoxy) is 1. The predicted molar refractivity (Wildman–Crippen MR) is 105 cm³/mol. The van der Waals surface area contributed by atoms with E-state index in [0.717, 1.165) is 24.2 Å². The number of aromatic nitrogens is 3. The molecule has 1 aliphatic rings. The van der Waals surface area contributed by atoms with Crippen LogP contribution < -0.4 is 15.6 Å². The molecule has 0 saturated heterocycles. The van der Waals surface area contributed by atoms with Crippen molar-refractivity contribution in [1.82, 2.24) is 14.5 Å². The van der Waals surface area contributed by atoms with Crippen LogP contribution in [0.3, 0.4) is 0 Å². The van der Waals surface area contributed by atoms with Crippen LogP contribution in [0.1, 0.15) is 28.9 Å². The molecule has 0 spiro atoms. The molecular formula is C21H19F3N4O2. The van der Waals surface area contributed by atoms with Gasteiger partial charge in [0.1, 0.15) is 0 Å². The molecule has 0 atom stereocenters. The summed E-state index contributed by atoms with van der Waals surface area (Å²) in [5, 5.41) is 3.10. The van der Waals surface area contributed by atoms with E-state index in [2.05, 4.69) is 15.3 Å². The molecule has 0 bridgehead atoms. The molecule has 30 heavy (non-hydrogen) atoms. The normalized spacial score (nSPS) is 12.7. The van der Waals surface area contributed by atoms with Crippen molar-refractivity contribution in [1.29, 1.82) is 0 Å². The Kier molecular flexibility index (Phi) is 5.19. The molecule has 1 N–H and O–H groups in total. The van der Waals surface area contributed by atoms with Gasteiger partial charge in [0.2, 0.25) is 11.8 Å². The molecule has 1 aliphatic carbocycles. The summed E-state index contributed by atoms with van der Waals surface area (Å²) in [5.41, 5.74) is 2.45. The lowest BCUT2D eigenvalue weighted by molar-refractivity contribution is 0.397. The summed E-state index contributed by atoms with van der Waals surface area (Å²) in [7, 11) is 1.51. The van der Waals surface area contributed by atoms with Crippen LogP contribution in [0.2, 0.25) is 0 Å². The van der Waals surface area contributed by atoms with Gasteiger partial charge in [0.05, 0.1) is 25.0 Å². The molecule has 2 heterocycles. The number of hydrogen-bond acceptors (Lipinski definition) is 5. The molecular weight excluding hydrogens is 397 g/mol. The highest BCUT2D eigenvalue weighted by Crippen LogP contribution is 2.26. The second kappa shape index (κ2) is 7.81. The molecule has 0 fully saturated rings. The number of pyridine rings is 1. The summed E-state index contributed by atoms with van der Waals surface area (Å²) in [4.78, 5) is 20.9. The van der Waals surface area contributed by atoms with Crippen molar-refractivity contribution < 1.29 is 17.9 Å². The van der Waals surface area contributed by atoms with E-state index in [4.69, 9.17) is 4.74 Å². The number of nitrogens with one attached hydrogen (secondary N) is 1. The number of anilines is 2. The van der Waals surface area contributed by atoms with E-state index in [-0.39, 0.29) is 23.6 Å². The van der Waals surface area contributed by atoms with Crippen LogP contribution in [0.25, 0.3) is 0 Å². The lowest BCUT2D eigenvalue weighted by Crippen LogP contribution is -2.23. The SMILES string of the molecule is COc1ccc(Nc2nc(=O)c3c(n2Cc2cc(F)c(F)c(F)c2)CCC3)c(C)n1. The average Bonchev–Trinajstić information content (AvgIpc) is 3.21. The predicted octanol–water partition coefficient (Wildman–Crippen LogP) is 3.65. The van der Waals surface area contributed by atoms with E-state index in [0.29, 0.717) is 35.7 Å². The first-order valence-electron chi connectivity index (χ1n) is 9.42. The van der Waals surface area contributed by atoms with Crippen LogP contribution in [0.5, 0.6) is 5.88 Å². The highest BCUT2D eigenvalue weighted by molar-refractivity contribution is 5.57. The largest absolute Gasteiger partial charge is 0.481 e. The molecule has 2 aromatic heterocycles. The molecule has 0 saturated carbocycles. The second-order valence-electron chi connectivity index (χ2n) is 7.09. The Hall–Kier alpha value is -3.36. The maximum atomic E-state index is 13.7. The van der Waals surface area contributed by atoms with E-state index >= 15 is 0 Å². The number of aryl methyl sites for hydroxylation is 1. The van der Waals surface area contributed by atoms with Gasteiger partial charge in [0.15, 0.2) is 17.5 Å². The van der Waals surface area contributed by atoms with Gasteiger partial charge in [0.25, 0.3) is 5.56 Å². The molecule has 1 aromatic carbocycles. The maximum absolute atomic E-state index is 13.7. The Balaban J connectivity index is 1.79. The lowest BCUT2D eigenvalue weighted by atomic mass is 10.2. The fraction of sp³-hybridized carbons (Fsp3) is 0.286. The molecule has 6 nitrogen and oxygen atoms in total. The topological polar surface area (TPSA) is 69.0 Å². The number of rotatable bonds is 5. The zero-order chi connectivity index (χ0) is 21.4. The Morgan fingerprint density at radius 2 is 1.87 bits per heavy atom. The molecule has 9 heteroatoms. The number of nitrogens with zero attached hydrogens (tertiary/aromatic N) is 3. The summed E-state index contributed by atoms with van der Waals surface area (Å²) < 4.78 is 47.6. The molecule has 0 unspecified atom stereocenters. The minimum atomic E-state index is -1.51. The van der Waals surface area contributed by atoms with Crippen molar-refractivity contribution in [3.05, 3.63) is 74.6 Å². The number of fused-ring (bicyclic) bond motifs is 1. The molecule has 0 amide bonds. The van der Waals surface area contributed by atoms with Crippen molar-refractivity contribution in [2.24, 2.45) is 0 Å². The smallest absolute Gasteiger partial charge is 0.277 e. The third-order valence-electron chi connectivity index (χ3n) is 5.14. The number of hydrogen-bond donors (Lipinski definition) is 1. The van der Waals surface area contributed by atoms with Crippen molar-refractivity contribution in [3.8, 4) is 5.88 Å². The Morgan fingerprint density at radius 3 is 2.53 bits per heavy atom. The fourth-order valence-corrected chi connectivity index (χ4v) is 3.66. The minimum absolute atomic E-state index is 0.0225. The molecule has 4 rings (SSSR count). The summed E-state index contributed by atoms with van der Waals surface area (Å²) in [5.74, 6) is -3.38. The van der Waals surface area contributed by atoms with Crippen LogP contribution in [0.4, 0.5) is 24.8 Å². The molecule has 0 radical (unpaired) electrons. The fourth-order valence-electron chi connectivity index (χ4n) is 3.66. The van der Waals surface area contributed by atoms with E-state index in [1.54, 1.807) is 23.6 Å². The van der Waals surface area contributed by atoms with E-state index in [1.165, 1.54) is 7.11 Å². The first-order chi connectivity index (χ1) is 14.4. The third kappa shape index (κ3) is 3.62. The molecule has 156 valence electrons. The second-order valence-corrected chi connectivity index (χ2v) is 7.09. The number of methoxy groups -OCH3 is 1. The summed E-state index contributed by atoms with van der Waals surface area (Å²) in [6, 6.07) is 5.29. The highest BCUT2D eigenvalue weighted by Gasteiger charge is 2.23. The van der Waals surface area contributed by atoms with E-state index in [9.17, 15) is 18.0 Å². The van der Waals surface area contributed by atoms with Crippen LogP contribution in [-0.2, 0) is 19.4 Å². The zero-order valence-electron chi connectivity index (χ0n) is 16.4. The van der Waals surface area contributed by atoms with Crippen molar-refractivity contribution in [3.63, 3.8) is 0 Å². The Bertz CT molecular complexity index is 1170. The molecule has 0 aliphatic heterocycles. The van der Waals surface area contributed by atoms with Crippen LogP contribution >= 0.6 is 0 Å². The molecule has 3 aromatic rings. The maximum Gasteiger partial charge on any atom is 0.277 e. The monoisotopic (exact) mass is 416 g/mol. The first kappa shape index (κ1) is 19.9. The van der Waals surface area contributed by atoms with E-state index in [1.807, 2.05) is 0 Å². The Labute approximate surface area is 170 Å². The minimum Gasteiger partial charge on any atom is -0.481 e. The van der Waals surface area contributed by atoms with Gasteiger partial charge in [-0.05, 0) is 49.9 Å². The van der Waals surface area contributed by atoms with Gasteiger partial charge in [-0.1, -0.05) is 0 Å². The first-order valence-corrected chi connectivity index (χ1v) is 9.42. The van der Waals surface area contributed by atoms with E-state index < -0.39 is 17.5 Å². The third-order valence-corrected chi connectivity index (χ3v) is 5.14. The zero-order valence-corrected chi connectivity index (χ0v) is 16.4. The quantitative estimate of drug-likeness (QED) is 0.643. The van der Waals surface area contributed by atoms with Crippen LogP contribution in [0, 0.1) is 24.4 Å². The van der Waals surface area contributed by atoms with Gasteiger partial charge in [-0.15, -0.1) is 0 Å². The number of halogens is 3. The average molecular weight is 416 g/mol. The van der Waals surface area contributed by atoms with Gasteiger partial charge < -0.3 is 14.6 Å². The van der Waals surface area contributed by atoms with Crippen molar-refractivity contribution >= 4 is 11.6 Å². The van der Waals surface area contributed by atoms with Gasteiger partial charge in [-0.25, -0.2) is 18.2 Å². The van der Waals surface area contributed by atoms with Crippen molar-refractivity contribution in [2.75, 3.05) is 12.4 Å². The summed E-state index contributed by atoms with van der Waals surface area (Å²) >= 11 is 0. The van der Waals surface area contributed by atoms with Crippen LogP contribution in [0.15, 0.2) is 29.1 Å². The van der Waals surface area contributed by atoms with Gasteiger partial charge in [0, 0.05) is 17.3 Å². The van der Waals surface area contributed by atoms with Gasteiger partial charge in [-0.3, -0.25) is 4.79 Å². The summed E-state index contributed by atoms with van der Waals surface area (Å²) in [6.07, 6.45) is 2.01. The Morgan fingerprint density at radius 1 is 1.13 bits per heavy atom. The number of benzene rings is 1. The van der Waals surface area contributed by atoms with Crippen LogP contribution in [-0.4, -0.2) is 21.6 Å². The van der Waals surface area contributed by atoms with Gasteiger partial charge >= 0.3 is 0 Å². The van der Waals surface area contributed by atoms with Gasteiger partial charge in [-0.2, -0.15) is 4.98 Å². The summed E-state index contributed by atoms with van der Waals surface area (Å²) in [6.45, 7) is 1.79. The standard InChI is InChI=1S/C21H19F3N4O2/c1-11-16(6-7-18(25-11)30-2)26-21-27-20(29)13-4-3-5-17(13)28(21)10-12-8-14(22)19(24)15(23)9-12/h6-9H,3-5,10H2,1-2H3,(H,26,27,29). The van der Waals surface area contributed by atoms with Crippen molar-refractivity contribution in [2.45, 2.75) is 32.7 Å². The lowest BCUT2D eigenvalue weighted by Gasteiger charge is -2.19.